The number of carbonyl (C=O) groups excluding carboxylic acids is 1. The second-order valence-corrected chi connectivity index (χ2v) is 8.37. The quantitative estimate of drug-likeness (QED) is 0.385. The summed E-state index contributed by atoms with van der Waals surface area (Å²) >= 11 is 0. The minimum absolute atomic E-state index is 0.252. The maximum atomic E-state index is 12.6. The van der Waals surface area contributed by atoms with Gasteiger partial charge in [-0.1, -0.05) is 68.9 Å². The largest absolute Gasteiger partial charge is 0.294 e. The van der Waals surface area contributed by atoms with Crippen molar-refractivity contribution in [2.75, 3.05) is 0 Å². The van der Waals surface area contributed by atoms with Gasteiger partial charge in [0, 0.05) is 22.9 Å². The normalized spacial score (nSPS) is 22.5. The van der Waals surface area contributed by atoms with E-state index in [9.17, 15) is 4.79 Å². The molecule has 27 heavy (non-hydrogen) atoms. The second-order valence-electron chi connectivity index (χ2n) is 8.37. The van der Waals surface area contributed by atoms with Gasteiger partial charge in [-0.3, -0.25) is 9.79 Å². The molecule has 0 N–H and O–H groups in total. The summed E-state index contributed by atoms with van der Waals surface area (Å²) in [5, 5.41) is 0. The Kier molecular flexibility index (Phi) is 7.43. The van der Waals surface area contributed by atoms with Gasteiger partial charge in [-0.15, -0.1) is 0 Å². The van der Waals surface area contributed by atoms with E-state index in [0.717, 1.165) is 37.7 Å². The van der Waals surface area contributed by atoms with Crippen LogP contribution in [-0.4, -0.2) is 11.5 Å². The van der Waals surface area contributed by atoms with E-state index >= 15 is 0 Å². The molecule has 2 aliphatic rings. The molecule has 1 aromatic carbocycles. The van der Waals surface area contributed by atoms with Crippen LogP contribution in [0.1, 0.15) is 107 Å². The number of benzene rings is 1. The van der Waals surface area contributed by atoms with Gasteiger partial charge in [0.05, 0.1) is 0 Å². The van der Waals surface area contributed by atoms with E-state index in [1.807, 2.05) is 12.1 Å². The van der Waals surface area contributed by atoms with Crippen molar-refractivity contribution in [1.29, 1.82) is 0 Å². The van der Waals surface area contributed by atoms with Crippen molar-refractivity contribution in [1.82, 2.24) is 0 Å². The highest BCUT2D eigenvalue weighted by Gasteiger charge is 2.23. The predicted octanol–water partition coefficient (Wildman–Crippen LogP) is 7.28. The molecule has 1 fully saturated rings. The summed E-state index contributed by atoms with van der Waals surface area (Å²) in [7, 11) is 0. The first-order chi connectivity index (χ1) is 13.2. The number of ketones is 1. The van der Waals surface area contributed by atoms with Crippen LogP contribution >= 0.6 is 0 Å². The Morgan fingerprint density at radius 3 is 2.22 bits per heavy atom. The number of hydrogen-bond donors (Lipinski definition) is 0. The Hall–Kier alpha value is -1.70. The van der Waals surface area contributed by atoms with Gasteiger partial charge in [-0.05, 0) is 57.4 Å². The lowest BCUT2D eigenvalue weighted by atomic mass is 9.94. The maximum Gasteiger partial charge on any atom is 0.165 e. The number of hydrogen-bond acceptors (Lipinski definition) is 2. The molecule has 2 heteroatoms. The molecule has 0 spiro atoms. The monoisotopic (exact) mass is 365 g/mol. The molecule has 1 saturated carbocycles. The Bertz CT molecular complexity index is 690. The Morgan fingerprint density at radius 1 is 0.926 bits per heavy atom. The molecule has 2 aliphatic carbocycles. The van der Waals surface area contributed by atoms with Gasteiger partial charge >= 0.3 is 0 Å². The van der Waals surface area contributed by atoms with Crippen molar-refractivity contribution in [3.05, 3.63) is 46.7 Å². The molecule has 3 rings (SSSR count). The molecule has 0 aromatic heterocycles. The van der Waals surface area contributed by atoms with Crippen molar-refractivity contribution in [3.63, 3.8) is 0 Å². The van der Waals surface area contributed by atoms with Crippen LogP contribution in [0.5, 0.6) is 0 Å². The zero-order valence-electron chi connectivity index (χ0n) is 17.2. The van der Waals surface area contributed by atoms with Gasteiger partial charge in [-0.2, -0.15) is 0 Å². The van der Waals surface area contributed by atoms with Crippen molar-refractivity contribution in [3.8, 4) is 0 Å². The lowest BCUT2D eigenvalue weighted by molar-refractivity contribution is 0.0923. The van der Waals surface area contributed by atoms with E-state index in [1.165, 1.54) is 67.5 Å². The molecule has 146 valence electrons. The molecule has 1 aromatic rings. The third-order valence-electron chi connectivity index (χ3n) is 6.19. The van der Waals surface area contributed by atoms with Gasteiger partial charge in [0.15, 0.2) is 5.78 Å². The topological polar surface area (TPSA) is 29.4 Å². The third-order valence-corrected chi connectivity index (χ3v) is 6.19. The summed E-state index contributed by atoms with van der Waals surface area (Å²) in [6.07, 6.45) is 14.2. The van der Waals surface area contributed by atoms with E-state index < -0.39 is 0 Å². The number of carbonyl (C=O) groups is 1. The van der Waals surface area contributed by atoms with Crippen LogP contribution in [0.15, 0.2) is 40.5 Å². The first-order valence-corrected chi connectivity index (χ1v) is 11.1. The lowest BCUT2D eigenvalue weighted by Gasteiger charge is -2.15. The van der Waals surface area contributed by atoms with Crippen LogP contribution in [0.3, 0.4) is 0 Å². The maximum absolute atomic E-state index is 12.6. The SMILES string of the molecule is CCC/C(=N\C1=C(/C)CCCCCC1)c1ccc(C(=O)C2CCCC2)cc1. The molecule has 0 saturated heterocycles. The minimum atomic E-state index is 0.252. The number of nitrogens with zero attached hydrogens (tertiary/aromatic N) is 1. The van der Waals surface area contributed by atoms with E-state index in [0.29, 0.717) is 5.78 Å². The van der Waals surface area contributed by atoms with E-state index in [2.05, 4.69) is 26.0 Å². The van der Waals surface area contributed by atoms with Crippen LogP contribution in [0, 0.1) is 5.92 Å². The molecular weight excluding hydrogens is 330 g/mol. The highest BCUT2D eigenvalue weighted by molar-refractivity contribution is 6.03. The highest BCUT2D eigenvalue weighted by Crippen LogP contribution is 2.29. The van der Waals surface area contributed by atoms with Crippen molar-refractivity contribution < 1.29 is 4.79 Å². The predicted molar refractivity (Wildman–Crippen MR) is 115 cm³/mol. The molecule has 0 heterocycles. The molecule has 0 amide bonds. The van der Waals surface area contributed by atoms with Crippen LogP contribution in [-0.2, 0) is 0 Å². The standard InChI is InChI=1S/C25H35NO/c1-3-10-24(26-23-14-7-5-4-6-11-19(23)2)20-15-17-22(18-16-20)25(27)21-12-8-9-13-21/h15-18,21H,3-14H2,1-2H3/b23-19+,26-24+. The molecular formula is C25H35NO. The molecule has 2 nitrogen and oxygen atoms in total. The van der Waals surface area contributed by atoms with Crippen molar-refractivity contribution in [2.24, 2.45) is 10.9 Å². The summed E-state index contributed by atoms with van der Waals surface area (Å²) in [4.78, 5) is 17.8. The molecule has 0 radical (unpaired) electrons. The zero-order chi connectivity index (χ0) is 19.1. The van der Waals surface area contributed by atoms with Crippen molar-refractivity contribution >= 4 is 11.5 Å². The van der Waals surface area contributed by atoms with Crippen molar-refractivity contribution in [2.45, 2.75) is 90.9 Å². The average Bonchev–Trinajstić information content (AvgIpc) is 3.21. The number of aliphatic imine (C=N–C) groups is 1. The summed E-state index contributed by atoms with van der Waals surface area (Å²) < 4.78 is 0. The molecule has 0 unspecified atom stereocenters. The minimum Gasteiger partial charge on any atom is -0.294 e. The Balaban J connectivity index is 1.81. The summed E-state index contributed by atoms with van der Waals surface area (Å²) in [6, 6.07) is 8.30. The summed E-state index contributed by atoms with van der Waals surface area (Å²) in [6.45, 7) is 4.48. The number of rotatable bonds is 6. The molecule has 0 bridgehead atoms. The van der Waals surface area contributed by atoms with E-state index in [4.69, 9.17) is 4.99 Å². The van der Waals surface area contributed by atoms with Crippen LogP contribution in [0.25, 0.3) is 0 Å². The van der Waals surface area contributed by atoms with E-state index in [-0.39, 0.29) is 5.92 Å². The molecule has 0 aliphatic heterocycles. The number of allylic oxidation sites excluding steroid dienone is 2. The fourth-order valence-electron chi connectivity index (χ4n) is 4.46. The first-order valence-electron chi connectivity index (χ1n) is 11.1. The van der Waals surface area contributed by atoms with Gasteiger partial charge < -0.3 is 0 Å². The zero-order valence-corrected chi connectivity index (χ0v) is 17.2. The average molecular weight is 366 g/mol. The fraction of sp³-hybridized carbons (Fsp3) is 0.600. The molecule has 0 atom stereocenters. The Morgan fingerprint density at radius 2 is 1.56 bits per heavy atom. The van der Waals surface area contributed by atoms with Crippen LogP contribution in [0.2, 0.25) is 0 Å². The Labute approximate surface area is 165 Å². The van der Waals surface area contributed by atoms with Gasteiger partial charge in [0.25, 0.3) is 0 Å². The van der Waals surface area contributed by atoms with Crippen LogP contribution < -0.4 is 0 Å². The van der Waals surface area contributed by atoms with Gasteiger partial charge in [0.2, 0.25) is 0 Å². The summed E-state index contributed by atoms with van der Waals surface area (Å²) in [5.74, 6) is 0.592. The van der Waals surface area contributed by atoms with Crippen LogP contribution in [0.4, 0.5) is 0 Å². The highest BCUT2D eigenvalue weighted by atomic mass is 16.1. The lowest BCUT2D eigenvalue weighted by Crippen LogP contribution is -2.11. The third kappa shape index (κ3) is 5.40. The summed E-state index contributed by atoms with van der Waals surface area (Å²) in [5.41, 5.74) is 6.03. The first kappa shape index (κ1) is 20.0. The van der Waals surface area contributed by atoms with Gasteiger partial charge in [-0.25, -0.2) is 0 Å². The van der Waals surface area contributed by atoms with E-state index in [1.54, 1.807) is 0 Å². The second kappa shape index (κ2) is 10.0. The number of Topliss-reactive ketones (excluding diaryl/α,β-unsaturated/α-hetero) is 1. The fourth-order valence-corrected chi connectivity index (χ4v) is 4.46. The van der Waals surface area contributed by atoms with Gasteiger partial charge in [0.1, 0.15) is 0 Å². The smallest absolute Gasteiger partial charge is 0.165 e.